The molecule has 1 aliphatic heterocycles. The van der Waals surface area contributed by atoms with Crippen molar-refractivity contribution in [3.05, 3.63) is 47.4 Å². The highest BCUT2D eigenvalue weighted by molar-refractivity contribution is 6.62. The number of pyridine rings is 2. The highest BCUT2D eigenvalue weighted by Gasteiger charge is 2.51. The second-order valence-corrected chi connectivity index (χ2v) is 7.64. The third kappa shape index (κ3) is 3.50. The van der Waals surface area contributed by atoms with Crippen LogP contribution in [0.2, 0.25) is 0 Å². The Balaban J connectivity index is 1.79. The largest absolute Gasteiger partial charge is 0.496 e. The minimum Gasteiger partial charge on any atom is -0.399 e. The van der Waals surface area contributed by atoms with Crippen LogP contribution in [0, 0.1) is 13.8 Å². The van der Waals surface area contributed by atoms with Gasteiger partial charge in [0.1, 0.15) is 11.5 Å². The van der Waals surface area contributed by atoms with Crippen molar-refractivity contribution < 1.29 is 14.1 Å². The average molecular weight is 353 g/mol. The van der Waals surface area contributed by atoms with Crippen LogP contribution in [0.1, 0.15) is 49.4 Å². The first-order valence-corrected chi connectivity index (χ1v) is 8.66. The standard InChI is InChI=1S/C19H24BN3O3/c1-12-10-14(20-25-18(3,4)19(5,6)26-20)11-21-16(12)17(24)23-15-9-7-8-13(2)22-15/h7-11H,1-6H3,(H,22,23,24). The highest BCUT2D eigenvalue weighted by Crippen LogP contribution is 2.36. The molecule has 6 nitrogen and oxygen atoms in total. The van der Waals surface area contributed by atoms with Crippen molar-refractivity contribution in [3.63, 3.8) is 0 Å². The summed E-state index contributed by atoms with van der Waals surface area (Å²) in [6, 6.07) is 7.35. The van der Waals surface area contributed by atoms with Crippen molar-refractivity contribution in [1.29, 1.82) is 0 Å². The van der Waals surface area contributed by atoms with Gasteiger partial charge in [0.15, 0.2) is 0 Å². The first-order chi connectivity index (χ1) is 12.1. The van der Waals surface area contributed by atoms with Gasteiger partial charge < -0.3 is 14.6 Å². The molecule has 2 aromatic heterocycles. The van der Waals surface area contributed by atoms with E-state index in [1.165, 1.54) is 0 Å². The number of rotatable bonds is 3. The topological polar surface area (TPSA) is 73.3 Å². The number of amides is 1. The maximum Gasteiger partial charge on any atom is 0.496 e. The summed E-state index contributed by atoms with van der Waals surface area (Å²) in [5.74, 6) is 0.215. The van der Waals surface area contributed by atoms with E-state index in [9.17, 15) is 4.79 Å². The molecule has 0 aromatic carbocycles. The van der Waals surface area contributed by atoms with Gasteiger partial charge in [-0.1, -0.05) is 12.1 Å². The Morgan fingerprint density at radius 3 is 2.35 bits per heavy atom. The minimum atomic E-state index is -0.498. The second kappa shape index (κ2) is 6.48. The Morgan fingerprint density at radius 2 is 1.77 bits per heavy atom. The second-order valence-electron chi connectivity index (χ2n) is 7.64. The molecule has 3 heterocycles. The number of hydrogen-bond donors (Lipinski definition) is 1. The Kier molecular flexibility index (Phi) is 4.62. The predicted octanol–water partition coefficient (Wildman–Crippen LogP) is 2.64. The van der Waals surface area contributed by atoms with Crippen LogP contribution in [0.4, 0.5) is 5.82 Å². The van der Waals surface area contributed by atoms with Gasteiger partial charge in [-0.2, -0.15) is 0 Å². The predicted molar refractivity (Wildman–Crippen MR) is 102 cm³/mol. The van der Waals surface area contributed by atoms with Gasteiger partial charge in [0.2, 0.25) is 0 Å². The molecular weight excluding hydrogens is 329 g/mol. The van der Waals surface area contributed by atoms with Crippen molar-refractivity contribution in [2.24, 2.45) is 0 Å². The maximum absolute atomic E-state index is 12.5. The van der Waals surface area contributed by atoms with Crippen LogP contribution >= 0.6 is 0 Å². The fourth-order valence-electron chi connectivity index (χ4n) is 2.73. The maximum atomic E-state index is 12.5. The van der Waals surface area contributed by atoms with Crippen LogP contribution in [-0.2, 0) is 9.31 Å². The van der Waals surface area contributed by atoms with E-state index >= 15 is 0 Å². The Labute approximate surface area is 154 Å². The number of nitrogens with zero attached hydrogens (tertiary/aromatic N) is 2. The molecule has 1 aliphatic rings. The Morgan fingerprint density at radius 1 is 1.12 bits per heavy atom. The molecule has 0 aliphatic carbocycles. The SMILES string of the molecule is Cc1cccc(NC(=O)c2ncc(B3OC(C)(C)C(C)(C)O3)cc2C)n1. The van der Waals surface area contributed by atoms with E-state index in [-0.39, 0.29) is 5.91 Å². The quantitative estimate of drug-likeness (QED) is 0.859. The third-order valence-electron chi connectivity index (χ3n) is 4.97. The summed E-state index contributed by atoms with van der Waals surface area (Å²) < 4.78 is 12.1. The van der Waals surface area contributed by atoms with Crippen molar-refractivity contribution in [3.8, 4) is 0 Å². The molecule has 2 aromatic rings. The molecular formula is C19H24BN3O3. The number of anilines is 1. The van der Waals surface area contributed by atoms with Gasteiger partial charge in [-0.05, 0) is 59.2 Å². The smallest absolute Gasteiger partial charge is 0.399 e. The first kappa shape index (κ1) is 18.5. The number of aromatic nitrogens is 2. The van der Waals surface area contributed by atoms with Crippen LogP contribution < -0.4 is 10.8 Å². The minimum absolute atomic E-state index is 0.291. The number of hydrogen-bond acceptors (Lipinski definition) is 5. The molecule has 1 N–H and O–H groups in total. The molecule has 3 rings (SSSR count). The van der Waals surface area contributed by atoms with E-state index in [1.54, 1.807) is 12.3 Å². The monoisotopic (exact) mass is 353 g/mol. The summed E-state index contributed by atoms with van der Waals surface area (Å²) in [6.45, 7) is 11.7. The molecule has 0 saturated carbocycles. The molecule has 1 saturated heterocycles. The molecule has 7 heteroatoms. The van der Waals surface area contributed by atoms with Crippen LogP contribution in [0.15, 0.2) is 30.5 Å². The van der Waals surface area contributed by atoms with Crippen LogP contribution in [0.5, 0.6) is 0 Å². The van der Waals surface area contributed by atoms with Crippen molar-refractivity contribution >= 4 is 24.3 Å². The van der Waals surface area contributed by atoms with Gasteiger partial charge in [-0.3, -0.25) is 9.78 Å². The summed E-state index contributed by atoms with van der Waals surface area (Å²) in [5.41, 5.74) is 1.91. The zero-order valence-electron chi connectivity index (χ0n) is 16.1. The normalized spacial score (nSPS) is 18.0. The fourth-order valence-corrected chi connectivity index (χ4v) is 2.73. The summed E-state index contributed by atoms with van der Waals surface area (Å²) in [7, 11) is -0.498. The summed E-state index contributed by atoms with van der Waals surface area (Å²) in [4.78, 5) is 21.1. The molecule has 0 radical (unpaired) electrons. The van der Waals surface area contributed by atoms with E-state index in [2.05, 4.69) is 15.3 Å². The molecule has 1 fully saturated rings. The van der Waals surface area contributed by atoms with Gasteiger partial charge in [-0.15, -0.1) is 0 Å². The number of aryl methyl sites for hydroxylation is 2. The van der Waals surface area contributed by atoms with E-state index in [1.807, 2.05) is 59.7 Å². The molecule has 0 atom stereocenters. The van der Waals surface area contributed by atoms with Crippen molar-refractivity contribution in [1.82, 2.24) is 9.97 Å². The Hall–Kier alpha value is -2.25. The van der Waals surface area contributed by atoms with Crippen LogP contribution in [0.3, 0.4) is 0 Å². The van der Waals surface area contributed by atoms with Gasteiger partial charge in [0, 0.05) is 17.4 Å². The molecule has 0 spiro atoms. The van der Waals surface area contributed by atoms with Gasteiger partial charge >= 0.3 is 7.12 Å². The lowest BCUT2D eigenvalue weighted by Crippen LogP contribution is -2.41. The zero-order valence-corrected chi connectivity index (χ0v) is 16.1. The van der Waals surface area contributed by atoms with Gasteiger partial charge in [0.25, 0.3) is 5.91 Å². The van der Waals surface area contributed by atoms with Crippen LogP contribution in [0.25, 0.3) is 0 Å². The average Bonchev–Trinajstić information content (AvgIpc) is 2.75. The Bertz CT molecular complexity index is 836. The summed E-state index contributed by atoms with van der Waals surface area (Å²) in [6.07, 6.45) is 1.63. The number of carbonyl (C=O) groups is 1. The third-order valence-corrected chi connectivity index (χ3v) is 4.97. The van der Waals surface area contributed by atoms with E-state index in [0.29, 0.717) is 11.5 Å². The fraction of sp³-hybridized carbons (Fsp3) is 0.421. The highest BCUT2D eigenvalue weighted by atomic mass is 16.7. The molecule has 0 bridgehead atoms. The van der Waals surface area contributed by atoms with Crippen molar-refractivity contribution in [2.45, 2.75) is 52.7 Å². The summed E-state index contributed by atoms with van der Waals surface area (Å²) in [5, 5.41) is 2.78. The molecule has 136 valence electrons. The van der Waals surface area contributed by atoms with E-state index in [0.717, 1.165) is 16.7 Å². The van der Waals surface area contributed by atoms with Gasteiger partial charge in [0.05, 0.1) is 11.2 Å². The van der Waals surface area contributed by atoms with Gasteiger partial charge in [-0.25, -0.2) is 4.98 Å². The lowest BCUT2D eigenvalue weighted by atomic mass is 9.79. The molecule has 26 heavy (non-hydrogen) atoms. The van der Waals surface area contributed by atoms with E-state index in [4.69, 9.17) is 9.31 Å². The number of carbonyl (C=O) groups excluding carboxylic acids is 1. The summed E-state index contributed by atoms with van der Waals surface area (Å²) >= 11 is 0. The molecule has 1 amide bonds. The van der Waals surface area contributed by atoms with Crippen LogP contribution in [-0.4, -0.2) is 34.2 Å². The lowest BCUT2D eigenvalue weighted by molar-refractivity contribution is 0.00578. The van der Waals surface area contributed by atoms with E-state index < -0.39 is 18.3 Å². The first-order valence-electron chi connectivity index (χ1n) is 8.66. The lowest BCUT2D eigenvalue weighted by Gasteiger charge is -2.32. The number of nitrogens with one attached hydrogen (secondary N) is 1. The molecule has 0 unspecified atom stereocenters. The zero-order chi connectivity index (χ0) is 19.1. The van der Waals surface area contributed by atoms with Crippen molar-refractivity contribution in [2.75, 3.05) is 5.32 Å².